The summed E-state index contributed by atoms with van der Waals surface area (Å²) in [4.78, 5) is 23.0. The molecule has 7 nitrogen and oxygen atoms in total. The van der Waals surface area contributed by atoms with Gasteiger partial charge in [-0.1, -0.05) is 17.7 Å². The Morgan fingerprint density at radius 3 is 2.92 bits per heavy atom. The molecule has 1 saturated heterocycles. The van der Waals surface area contributed by atoms with E-state index >= 15 is 0 Å². The molecule has 1 aliphatic heterocycles. The van der Waals surface area contributed by atoms with Gasteiger partial charge in [0.2, 0.25) is 5.95 Å². The molecule has 1 fully saturated rings. The second-order valence-corrected chi connectivity index (χ2v) is 6.42. The Hall–Kier alpha value is -2.22. The number of morpholine rings is 1. The van der Waals surface area contributed by atoms with Crippen LogP contribution in [0.5, 0.6) is 0 Å². The number of nitrogens with one attached hydrogen (secondary N) is 2. The number of nitrogens with zero attached hydrogens (tertiary/aromatic N) is 3. The van der Waals surface area contributed by atoms with Crippen molar-refractivity contribution in [2.75, 3.05) is 44.7 Å². The fourth-order valence-electron chi connectivity index (χ4n) is 2.65. The summed E-state index contributed by atoms with van der Waals surface area (Å²) < 4.78 is 5.31. The fraction of sp³-hybridized carbons (Fsp3) is 0.389. The lowest BCUT2D eigenvalue weighted by atomic mass is 10.2. The SMILES string of the molecule is Cc1c(Cl)cccc1Nc1nccc(C(=O)NCCN2CCOCC2)n1. The average molecular weight is 376 g/mol. The molecule has 0 radical (unpaired) electrons. The lowest BCUT2D eigenvalue weighted by molar-refractivity contribution is 0.0383. The van der Waals surface area contributed by atoms with E-state index in [2.05, 4.69) is 25.5 Å². The van der Waals surface area contributed by atoms with Crippen molar-refractivity contribution >= 4 is 29.1 Å². The van der Waals surface area contributed by atoms with E-state index in [0.717, 1.165) is 44.1 Å². The Labute approximate surface area is 157 Å². The molecule has 0 atom stereocenters. The van der Waals surface area contributed by atoms with Gasteiger partial charge in [0.15, 0.2) is 0 Å². The second kappa shape index (κ2) is 8.93. The van der Waals surface area contributed by atoms with E-state index in [0.29, 0.717) is 23.2 Å². The van der Waals surface area contributed by atoms with Crippen molar-refractivity contribution in [3.8, 4) is 0 Å². The maximum Gasteiger partial charge on any atom is 0.270 e. The van der Waals surface area contributed by atoms with E-state index in [-0.39, 0.29) is 5.91 Å². The smallest absolute Gasteiger partial charge is 0.270 e. The molecule has 2 heterocycles. The van der Waals surface area contributed by atoms with Gasteiger partial charge in [-0.15, -0.1) is 0 Å². The summed E-state index contributed by atoms with van der Waals surface area (Å²) in [5.74, 6) is 0.141. The van der Waals surface area contributed by atoms with E-state index in [1.807, 2.05) is 25.1 Å². The van der Waals surface area contributed by atoms with Gasteiger partial charge in [-0.3, -0.25) is 9.69 Å². The third kappa shape index (κ3) is 4.91. The van der Waals surface area contributed by atoms with E-state index < -0.39 is 0 Å². The quantitative estimate of drug-likeness (QED) is 0.806. The molecule has 0 bridgehead atoms. The number of anilines is 2. The Bertz CT molecular complexity index is 765. The molecule has 1 aromatic carbocycles. The molecule has 2 aromatic rings. The molecule has 1 aliphatic rings. The zero-order valence-corrected chi connectivity index (χ0v) is 15.4. The molecular weight excluding hydrogens is 354 g/mol. The number of ether oxygens (including phenoxy) is 1. The van der Waals surface area contributed by atoms with Gasteiger partial charge in [0.25, 0.3) is 5.91 Å². The van der Waals surface area contributed by atoms with Crippen LogP contribution in [0.4, 0.5) is 11.6 Å². The first-order valence-corrected chi connectivity index (χ1v) is 8.95. The van der Waals surface area contributed by atoms with Crippen LogP contribution in [-0.4, -0.2) is 60.2 Å². The van der Waals surface area contributed by atoms with Gasteiger partial charge in [0.05, 0.1) is 13.2 Å². The Kier molecular flexibility index (Phi) is 6.38. The van der Waals surface area contributed by atoms with Crippen LogP contribution in [0.15, 0.2) is 30.5 Å². The van der Waals surface area contributed by atoms with Gasteiger partial charge in [-0.25, -0.2) is 9.97 Å². The van der Waals surface area contributed by atoms with Crippen LogP contribution in [0, 0.1) is 6.92 Å². The summed E-state index contributed by atoms with van der Waals surface area (Å²) in [6.45, 7) is 6.57. The van der Waals surface area contributed by atoms with Gasteiger partial charge in [0.1, 0.15) is 5.69 Å². The van der Waals surface area contributed by atoms with Crippen molar-refractivity contribution in [2.24, 2.45) is 0 Å². The van der Waals surface area contributed by atoms with Crippen molar-refractivity contribution < 1.29 is 9.53 Å². The summed E-state index contributed by atoms with van der Waals surface area (Å²) in [5, 5.41) is 6.66. The summed E-state index contributed by atoms with van der Waals surface area (Å²) in [6.07, 6.45) is 1.56. The Balaban J connectivity index is 1.57. The van der Waals surface area contributed by atoms with Gasteiger partial charge in [-0.2, -0.15) is 0 Å². The fourth-order valence-corrected chi connectivity index (χ4v) is 2.83. The van der Waals surface area contributed by atoms with Crippen LogP contribution in [-0.2, 0) is 4.74 Å². The van der Waals surface area contributed by atoms with Crippen LogP contribution in [0.3, 0.4) is 0 Å². The third-order valence-corrected chi connectivity index (χ3v) is 4.63. The predicted octanol–water partition coefficient (Wildman–Crippen LogP) is 2.24. The first kappa shape index (κ1) is 18.6. The highest BCUT2D eigenvalue weighted by Gasteiger charge is 2.12. The van der Waals surface area contributed by atoms with Crippen molar-refractivity contribution in [3.05, 3.63) is 46.7 Å². The highest BCUT2D eigenvalue weighted by molar-refractivity contribution is 6.31. The number of hydrogen-bond acceptors (Lipinski definition) is 6. The van der Waals surface area contributed by atoms with Crippen LogP contribution >= 0.6 is 11.6 Å². The number of hydrogen-bond donors (Lipinski definition) is 2. The number of benzene rings is 1. The third-order valence-electron chi connectivity index (χ3n) is 4.22. The number of amides is 1. The van der Waals surface area contributed by atoms with E-state index in [9.17, 15) is 4.79 Å². The van der Waals surface area contributed by atoms with Crippen LogP contribution < -0.4 is 10.6 Å². The van der Waals surface area contributed by atoms with Gasteiger partial charge >= 0.3 is 0 Å². The maximum atomic E-state index is 12.3. The maximum absolute atomic E-state index is 12.3. The van der Waals surface area contributed by atoms with Gasteiger partial charge in [0, 0.05) is 43.1 Å². The number of aromatic nitrogens is 2. The van der Waals surface area contributed by atoms with Crippen molar-refractivity contribution in [2.45, 2.75) is 6.92 Å². The van der Waals surface area contributed by atoms with E-state index in [1.165, 1.54) is 0 Å². The van der Waals surface area contributed by atoms with Crippen molar-refractivity contribution in [3.63, 3.8) is 0 Å². The minimum atomic E-state index is -0.216. The van der Waals surface area contributed by atoms with Crippen LogP contribution in [0.25, 0.3) is 0 Å². The zero-order valence-electron chi connectivity index (χ0n) is 14.7. The first-order valence-electron chi connectivity index (χ1n) is 8.57. The molecule has 0 unspecified atom stereocenters. The summed E-state index contributed by atoms with van der Waals surface area (Å²) in [7, 11) is 0. The molecular formula is C18H22ClN5O2. The number of halogens is 1. The lowest BCUT2D eigenvalue weighted by Crippen LogP contribution is -2.41. The monoisotopic (exact) mass is 375 g/mol. The largest absolute Gasteiger partial charge is 0.379 e. The van der Waals surface area contributed by atoms with Crippen LogP contribution in [0.2, 0.25) is 5.02 Å². The van der Waals surface area contributed by atoms with Gasteiger partial charge < -0.3 is 15.4 Å². The summed E-state index contributed by atoms with van der Waals surface area (Å²) in [6, 6.07) is 7.15. The lowest BCUT2D eigenvalue weighted by Gasteiger charge is -2.26. The van der Waals surface area contributed by atoms with Crippen LogP contribution in [0.1, 0.15) is 16.1 Å². The summed E-state index contributed by atoms with van der Waals surface area (Å²) >= 11 is 6.13. The molecule has 26 heavy (non-hydrogen) atoms. The minimum Gasteiger partial charge on any atom is -0.379 e. The predicted molar refractivity (Wildman–Crippen MR) is 101 cm³/mol. The standard InChI is InChI=1S/C18H22ClN5O2/c1-13-14(19)3-2-4-15(13)22-18-21-6-5-16(23-18)17(25)20-7-8-24-9-11-26-12-10-24/h2-6H,7-12H2,1H3,(H,20,25)(H,21,22,23). The number of carbonyl (C=O) groups is 1. The van der Waals surface area contributed by atoms with E-state index in [1.54, 1.807) is 12.3 Å². The molecule has 0 saturated carbocycles. The number of carbonyl (C=O) groups excluding carboxylic acids is 1. The van der Waals surface area contributed by atoms with E-state index in [4.69, 9.17) is 16.3 Å². The molecule has 8 heteroatoms. The van der Waals surface area contributed by atoms with Crippen molar-refractivity contribution in [1.82, 2.24) is 20.2 Å². The zero-order chi connectivity index (χ0) is 18.4. The molecule has 1 amide bonds. The molecule has 3 rings (SSSR count). The van der Waals surface area contributed by atoms with Gasteiger partial charge in [-0.05, 0) is 30.7 Å². The molecule has 0 aliphatic carbocycles. The molecule has 0 spiro atoms. The second-order valence-electron chi connectivity index (χ2n) is 6.01. The highest BCUT2D eigenvalue weighted by Crippen LogP contribution is 2.24. The molecule has 138 valence electrons. The first-order chi connectivity index (χ1) is 12.6. The summed E-state index contributed by atoms with van der Waals surface area (Å²) in [5.41, 5.74) is 2.03. The Morgan fingerprint density at radius 2 is 2.12 bits per heavy atom. The minimum absolute atomic E-state index is 0.216. The number of rotatable bonds is 6. The average Bonchev–Trinajstić information content (AvgIpc) is 2.66. The Morgan fingerprint density at radius 1 is 1.31 bits per heavy atom. The topological polar surface area (TPSA) is 79.4 Å². The highest BCUT2D eigenvalue weighted by atomic mass is 35.5. The molecule has 2 N–H and O–H groups in total. The van der Waals surface area contributed by atoms with Crippen molar-refractivity contribution in [1.29, 1.82) is 0 Å². The molecule has 1 aromatic heterocycles. The normalized spacial score (nSPS) is 14.8.